The zero-order valence-electron chi connectivity index (χ0n) is 12.2. The van der Waals surface area contributed by atoms with Crippen molar-refractivity contribution in [2.75, 3.05) is 0 Å². The first-order valence-corrected chi connectivity index (χ1v) is 7.16. The summed E-state index contributed by atoms with van der Waals surface area (Å²) in [7, 11) is 0. The number of carbonyl (C=O) groups excluding carboxylic acids is 1. The number of nitrogens with one attached hydrogen (secondary N) is 1. The Morgan fingerprint density at radius 3 is 2.81 bits per heavy atom. The van der Waals surface area contributed by atoms with Crippen LogP contribution in [0.4, 0.5) is 0 Å². The Labute approximate surface area is 128 Å². The topological polar surface area (TPSA) is 72.7 Å². The predicted octanol–water partition coefficient (Wildman–Crippen LogP) is 2.15. The fraction of sp³-hybridized carbons (Fsp3) is 0.429. The SMILES string of the molecule is CC(C)[C@@H](C)NC(=O)Cn1nnc(-c2cccc(Cl)c2)n1. The number of rotatable bonds is 5. The molecule has 112 valence electrons. The minimum absolute atomic E-state index is 0.0463. The van der Waals surface area contributed by atoms with Gasteiger partial charge in [-0.1, -0.05) is 37.6 Å². The molecular weight excluding hydrogens is 290 g/mol. The van der Waals surface area contributed by atoms with Crippen LogP contribution in [0.5, 0.6) is 0 Å². The molecule has 0 radical (unpaired) electrons. The van der Waals surface area contributed by atoms with Gasteiger partial charge in [-0.25, -0.2) is 0 Å². The number of amides is 1. The first kappa shape index (κ1) is 15.4. The maximum Gasteiger partial charge on any atom is 0.243 e. The van der Waals surface area contributed by atoms with E-state index in [1.165, 1.54) is 4.80 Å². The molecule has 1 aromatic heterocycles. The van der Waals surface area contributed by atoms with Gasteiger partial charge in [0, 0.05) is 16.6 Å². The molecule has 1 heterocycles. The second kappa shape index (κ2) is 6.67. The van der Waals surface area contributed by atoms with Crippen LogP contribution in [0.2, 0.25) is 5.02 Å². The molecule has 7 heteroatoms. The highest BCUT2D eigenvalue weighted by atomic mass is 35.5. The minimum Gasteiger partial charge on any atom is -0.352 e. The van der Waals surface area contributed by atoms with Gasteiger partial charge in [0.25, 0.3) is 0 Å². The lowest BCUT2D eigenvalue weighted by Gasteiger charge is -2.16. The van der Waals surface area contributed by atoms with Crippen LogP contribution in [0.3, 0.4) is 0 Å². The number of tetrazole rings is 1. The molecule has 1 atom stereocenters. The molecule has 2 aromatic rings. The fourth-order valence-corrected chi connectivity index (χ4v) is 1.84. The third-order valence-corrected chi connectivity index (χ3v) is 3.44. The largest absolute Gasteiger partial charge is 0.352 e. The number of nitrogens with zero attached hydrogens (tertiary/aromatic N) is 4. The molecule has 1 N–H and O–H groups in total. The van der Waals surface area contributed by atoms with Crippen molar-refractivity contribution in [3.8, 4) is 11.4 Å². The zero-order valence-corrected chi connectivity index (χ0v) is 13.0. The van der Waals surface area contributed by atoms with Crippen LogP contribution >= 0.6 is 11.6 Å². The summed E-state index contributed by atoms with van der Waals surface area (Å²) in [4.78, 5) is 13.1. The van der Waals surface area contributed by atoms with Crippen molar-refractivity contribution in [2.45, 2.75) is 33.4 Å². The van der Waals surface area contributed by atoms with Crippen molar-refractivity contribution in [1.82, 2.24) is 25.5 Å². The van der Waals surface area contributed by atoms with E-state index in [0.717, 1.165) is 5.56 Å². The molecule has 0 saturated carbocycles. The zero-order chi connectivity index (χ0) is 15.4. The molecule has 21 heavy (non-hydrogen) atoms. The van der Waals surface area contributed by atoms with Gasteiger partial charge in [0.05, 0.1) is 0 Å². The molecule has 1 aromatic carbocycles. The number of carbonyl (C=O) groups is 1. The van der Waals surface area contributed by atoms with Crippen molar-refractivity contribution in [3.05, 3.63) is 29.3 Å². The lowest BCUT2D eigenvalue weighted by molar-refractivity contribution is -0.123. The number of benzene rings is 1. The molecular formula is C14H18ClN5O. The molecule has 2 rings (SSSR count). The smallest absolute Gasteiger partial charge is 0.243 e. The Morgan fingerprint density at radius 2 is 2.14 bits per heavy atom. The van der Waals surface area contributed by atoms with Gasteiger partial charge < -0.3 is 5.32 Å². The van der Waals surface area contributed by atoms with Crippen molar-refractivity contribution in [2.24, 2.45) is 5.92 Å². The van der Waals surface area contributed by atoms with Crippen LogP contribution < -0.4 is 5.32 Å². The molecule has 1 amide bonds. The third-order valence-electron chi connectivity index (χ3n) is 3.21. The number of hydrogen-bond donors (Lipinski definition) is 1. The monoisotopic (exact) mass is 307 g/mol. The average molecular weight is 308 g/mol. The Morgan fingerprint density at radius 1 is 1.38 bits per heavy atom. The number of halogens is 1. The predicted molar refractivity (Wildman–Crippen MR) is 80.7 cm³/mol. The van der Waals surface area contributed by atoms with Crippen LogP contribution in [0.25, 0.3) is 11.4 Å². The third kappa shape index (κ3) is 4.26. The number of aromatic nitrogens is 4. The number of hydrogen-bond acceptors (Lipinski definition) is 4. The van der Waals surface area contributed by atoms with Crippen LogP contribution in [-0.4, -0.2) is 32.2 Å². The highest BCUT2D eigenvalue weighted by molar-refractivity contribution is 6.30. The molecule has 0 spiro atoms. The quantitative estimate of drug-likeness (QED) is 0.918. The van der Waals surface area contributed by atoms with Gasteiger partial charge in [0.2, 0.25) is 11.7 Å². The standard InChI is InChI=1S/C14H18ClN5O/c1-9(2)10(3)16-13(21)8-20-18-14(17-19-20)11-5-4-6-12(15)7-11/h4-7,9-10H,8H2,1-3H3,(H,16,21)/t10-/m1/s1. The Balaban J connectivity index is 2.02. The van der Waals surface area contributed by atoms with Crippen molar-refractivity contribution >= 4 is 17.5 Å². The Kier molecular flexibility index (Phi) is 4.90. The molecule has 0 unspecified atom stereocenters. The van der Waals surface area contributed by atoms with Crippen LogP contribution in [0, 0.1) is 5.92 Å². The maximum atomic E-state index is 11.9. The van der Waals surface area contributed by atoms with Crippen LogP contribution in [-0.2, 0) is 11.3 Å². The first-order valence-electron chi connectivity index (χ1n) is 6.79. The summed E-state index contributed by atoms with van der Waals surface area (Å²) >= 11 is 5.93. The summed E-state index contributed by atoms with van der Waals surface area (Å²) in [5, 5.41) is 15.5. The lowest BCUT2D eigenvalue weighted by Crippen LogP contribution is -2.38. The van der Waals surface area contributed by atoms with E-state index in [1.807, 2.05) is 19.1 Å². The highest BCUT2D eigenvalue weighted by Gasteiger charge is 2.13. The summed E-state index contributed by atoms with van der Waals surface area (Å²) in [5.74, 6) is 0.688. The van der Waals surface area contributed by atoms with E-state index in [1.54, 1.807) is 12.1 Å². The van der Waals surface area contributed by atoms with Crippen LogP contribution in [0.1, 0.15) is 20.8 Å². The second-order valence-corrected chi connectivity index (χ2v) is 5.69. The van der Waals surface area contributed by atoms with Gasteiger partial charge in [-0.15, -0.1) is 10.2 Å². The van der Waals surface area contributed by atoms with E-state index in [4.69, 9.17) is 11.6 Å². The van der Waals surface area contributed by atoms with Crippen molar-refractivity contribution in [3.63, 3.8) is 0 Å². The van der Waals surface area contributed by atoms with Crippen LogP contribution in [0.15, 0.2) is 24.3 Å². The van der Waals surface area contributed by atoms with Gasteiger partial charge in [-0.2, -0.15) is 4.80 Å². The second-order valence-electron chi connectivity index (χ2n) is 5.25. The molecule has 0 aliphatic carbocycles. The summed E-state index contributed by atoms with van der Waals surface area (Å²) in [6, 6.07) is 7.29. The van der Waals surface area contributed by atoms with Gasteiger partial charge in [-0.05, 0) is 30.2 Å². The molecule has 0 aliphatic heterocycles. The first-order chi connectivity index (χ1) is 9.95. The Hall–Kier alpha value is -1.95. The Bertz CT molecular complexity index is 625. The van der Waals surface area contributed by atoms with E-state index in [0.29, 0.717) is 16.8 Å². The molecule has 0 fully saturated rings. The normalized spacial score (nSPS) is 12.4. The summed E-state index contributed by atoms with van der Waals surface area (Å²) in [5.41, 5.74) is 0.768. The highest BCUT2D eigenvalue weighted by Crippen LogP contribution is 2.18. The van der Waals surface area contributed by atoms with Gasteiger partial charge in [0.15, 0.2) is 0 Å². The molecule has 0 saturated heterocycles. The minimum atomic E-state index is -0.133. The van der Waals surface area contributed by atoms with Gasteiger partial charge >= 0.3 is 0 Å². The fourth-order valence-electron chi connectivity index (χ4n) is 1.65. The average Bonchev–Trinajstić information content (AvgIpc) is 2.86. The molecule has 0 bridgehead atoms. The van der Waals surface area contributed by atoms with E-state index in [2.05, 4.69) is 34.6 Å². The lowest BCUT2D eigenvalue weighted by atomic mass is 10.1. The van der Waals surface area contributed by atoms with Crippen molar-refractivity contribution in [1.29, 1.82) is 0 Å². The summed E-state index contributed by atoms with van der Waals surface area (Å²) < 4.78 is 0. The van der Waals surface area contributed by atoms with Gasteiger partial charge in [0.1, 0.15) is 6.54 Å². The van der Waals surface area contributed by atoms with E-state index >= 15 is 0 Å². The summed E-state index contributed by atoms with van der Waals surface area (Å²) in [6.45, 7) is 6.12. The van der Waals surface area contributed by atoms with Crippen molar-refractivity contribution < 1.29 is 4.79 Å². The molecule has 0 aliphatic rings. The van der Waals surface area contributed by atoms with E-state index in [9.17, 15) is 4.79 Å². The van der Waals surface area contributed by atoms with Gasteiger partial charge in [-0.3, -0.25) is 4.79 Å². The molecule has 6 nitrogen and oxygen atoms in total. The van der Waals surface area contributed by atoms with E-state index < -0.39 is 0 Å². The maximum absolute atomic E-state index is 11.9. The van der Waals surface area contributed by atoms with E-state index in [-0.39, 0.29) is 18.5 Å². The summed E-state index contributed by atoms with van der Waals surface area (Å²) in [6.07, 6.45) is 0.